The molecule has 1 aromatic carbocycles. The van der Waals surface area contributed by atoms with Crippen LogP contribution in [0.5, 0.6) is 0 Å². The average Bonchev–Trinajstić information content (AvgIpc) is 2.70. The Hall–Kier alpha value is -1.89. The molecule has 1 N–H and O–H groups in total. The molecule has 0 spiro atoms. The molecule has 1 atom stereocenters. The van der Waals surface area contributed by atoms with Crippen LogP contribution in [0.25, 0.3) is 6.08 Å². The van der Waals surface area contributed by atoms with Crippen LogP contribution in [-0.2, 0) is 6.42 Å². The van der Waals surface area contributed by atoms with E-state index in [1.54, 1.807) is 6.21 Å². The summed E-state index contributed by atoms with van der Waals surface area (Å²) in [7, 11) is 0. The van der Waals surface area contributed by atoms with Crippen molar-refractivity contribution in [2.45, 2.75) is 93.4 Å². The van der Waals surface area contributed by atoms with E-state index in [0.29, 0.717) is 0 Å². The van der Waals surface area contributed by atoms with E-state index in [1.807, 2.05) is 0 Å². The third-order valence-corrected chi connectivity index (χ3v) is 8.19. The Morgan fingerprint density at radius 3 is 2.27 bits per heavy atom. The molecule has 2 rings (SSSR count). The summed E-state index contributed by atoms with van der Waals surface area (Å²) < 4.78 is 0. The van der Waals surface area contributed by atoms with E-state index in [4.69, 9.17) is 5.41 Å². The van der Waals surface area contributed by atoms with Crippen LogP contribution in [-0.4, -0.2) is 6.21 Å². The van der Waals surface area contributed by atoms with Gasteiger partial charge in [-0.15, -0.1) is 0 Å². The van der Waals surface area contributed by atoms with Gasteiger partial charge in [0.15, 0.2) is 0 Å². The zero-order chi connectivity index (χ0) is 22.5. The zero-order valence-corrected chi connectivity index (χ0v) is 20.5. The molecule has 1 unspecified atom stereocenters. The number of nitrogens with one attached hydrogen (secondary N) is 1. The smallest absolute Gasteiger partial charge is 0.0181 e. The van der Waals surface area contributed by atoms with Crippen LogP contribution in [0.2, 0.25) is 0 Å². The predicted octanol–water partition coefficient (Wildman–Crippen LogP) is 8.79. The number of benzene rings is 1. The third-order valence-electron chi connectivity index (χ3n) is 8.19. The fourth-order valence-electron chi connectivity index (χ4n) is 5.37. The Balaban J connectivity index is 2.51. The van der Waals surface area contributed by atoms with Crippen molar-refractivity contribution in [2.75, 3.05) is 0 Å². The van der Waals surface area contributed by atoms with Crippen LogP contribution in [0.15, 0.2) is 41.5 Å². The minimum absolute atomic E-state index is 0.0899. The fraction of sp³-hybridized carbons (Fsp3) is 0.552. The normalized spacial score (nSPS) is 18.5. The molecule has 1 saturated carbocycles. The van der Waals surface area contributed by atoms with Crippen molar-refractivity contribution in [3.05, 3.63) is 63.8 Å². The molecule has 0 saturated heterocycles. The Kier molecular flexibility index (Phi) is 8.08. The second-order valence-corrected chi connectivity index (χ2v) is 9.55. The highest BCUT2D eigenvalue weighted by atomic mass is 14.6. The van der Waals surface area contributed by atoms with Crippen molar-refractivity contribution < 1.29 is 0 Å². The Morgan fingerprint density at radius 1 is 1.13 bits per heavy atom. The second kappa shape index (κ2) is 9.94. The number of hydrogen-bond donors (Lipinski definition) is 1. The minimum atomic E-state index is -0.136. The fourth-order valence-corrected chi connectivity index (χ4v) is 5.37. The molecule has 1 aromatic rings. The molecule has 0 bridgehead atoms. The summed E-state index contributed by atoms with van der Waals surface area (Å²) >= 11 is 0. The molecule has 1 nitrogen and oxygen atoms in total. The zero-order valence-electron chi connectivity index (χ0n) is 20.5. The minimum Gasteiger partial charge on any atom is -0.312 e. The predicted molar refractivity (Wildman–Crippen MR) is 135 cm³/mol. The lowest BCUT2D eigenvalue weighted by molar-refractivity contribution is 0.0463. The van der Waals surface area contributed by atoms with Crippen molar-refractivity contribution in [1.29, 1.82) is 5.41 Å². The average molecular weight is 406 g/mol. The third kappa shape index (κ3) is 4.27. The summed E-state index contributed by atoms with van der Waals surface area (Å²) in [5.74, 6) is 0. The number of rotatable bonds is 10. The molecule has 164 valence electrons. The van der Waals surface area contributed by atoms with E-state index in [9.17, 15) is 0 Å². The van der Waals surface area contributed by atoms with Crippen LogP contribution < -0.4 is 0 Å². The van der Waals surface area contributed by atoms with E-state index in [0.717, 1.165) is 24.8 Å². The largest absolute Gasteiger partial charge is 0.312 e. The topological polar surface area (TPSA) is 23.9 Å². The molecule has 30 heavy (non-hydrogen) atoms. The van der Waals surface area contributed by atoms with Crippen LogP contribution in [0.4, 0.5) is 0 Å². The van der Waals surface area contributed by atoms with E-state index >= 15 is 0 Å². The Morgan fingerprint density at radius 2 is 1.80 bits per heavy atom. The maximum absolute atomic E-state index is 8.59. The van der Waals surface area contributed by atoms with Crippen LogP contribution in [0.3, 0.4) is 0 Å². The molecule has 1 heteroatoms. The first-order valence-electron chi connectivity index (χ1n) is 11.8. The molecule has 1 aliphatic carbocycles. The summed E-state index contributed by atoms with van der Waals surface area (Å²) in [6.45, 7) is 19.9. The maximum Gasteiger partial charge on any atom is 0.0181 e. The first-order valence-corrected chi connectivity index (χ1v) is 11.8. The highest BCUT2D eigenvalue weighted by Gasteiger charge is 2.54. The van der Waals surface area contributed by atoms with Gasteiger partial charge in [-0.05, 0) is 94.5 Å². The summed E-state index contributed by atoms with van der Waals surface area (Å²) in [6, 6.07) is 4.60. The van der Waals surface area contributed by atoms with E-state index in [-0.39, 0.29) is 10.8 Å². The van der Waals surface area contributed by atoms with Crippen molar-refractivity contribution in [2.24, 2.45) is 10.8 Å². The van der Waals surface area contributed by atoms with Crippen LogP contribution >= 0.6 is 0 Å². The summed E-state index contributed by atoms with van der Waals surface area (Å²) in [4.78, 5) is 0. The van der Waals surface area contributed by atoms with Crippen LogP contribution in [0, 0.1) is 30.1 Å². The molecule has 1 aliphatic rings. The maximum atomic E-state index is 8.59. The van der Waals surface area contributed by atoms with E-state index < -0.39 is 0 Å². The quantitative estimate of drug-likeness (QED) is 0.297. The van der Waals surface area contributed by atoms with Gasteiger partial charge in [-0.3, -0.25) is 0 Å². The van der Waals surface area contributed by atoms with Crippen molar-refractivity contribution in [1.82, 2.24) is 0 Å². The lowest BCUT2D eigenvalue weighted by Crippen LogP contribution is -2.50. The lowest BCUT2D eigenvalue weighted by Gasteiger charge is -2.56. The van der Waals surface area contributed by atoms with Gasteiger partial charge in [-0.25, -0.2) is 0 Å². The highest BCUT2D eigenvalue weighted by molar-refractivity contribution is 5.68. The number of hydrogen-bond acceptors (Lipinski definition) is 1. The Bertz CT molecular complexity index is 847. The molecule has 0 radical (unpaired) electrons. The van der Waals surface area contributed by atoms with E-state index in [1.165, 1.54) is 59.1 Å². The first kappa shape index (κ1) is 24.4. The number of unbranched alkanes of at least 4 members (excludes halogenated alkanes) is 1. The van der Waals surface area contributed by atoms with Crippen molar-refractivity contribution in [3.63, 3.8) is 0 Å². The van der Waals surface area contributed by atoms with Gasteiger partial charge in [0.25, 0.3) is 0 Å². The van der Waals surface area contributed by atoms with Gasteiger partial charge < -0.3 is 5.41 Å². The standard InChI is InChI=1S/C29H43N/c1-9-11-12-14-26-15-16-27(24(7)23(26)6)19-28(10-2,20-30)29(17-13-18-29)25(8)22(5)21(3)4/h12,14-16,20,30H,3,9-11,13,17-19H2,1-2,4-8H3/b14-12-,25-22+,30-20?. The summed E-state index contributed by atoms with van der Waals surface area (Å²) in [5, 5.41) is 8.59. The van der Waals surface area contributed by atoms with Gasteiger partial charge in [0.05, 0.1) is 0 Å². The van der Waals surface area contributed by atoms with Gasteiger partial charge in [-0.1, -0.05) is 68.7 Å². The molecule has 0 heterocycles. The number of allylic oxidation sites excluding steroid dienone is 4. The Labute approximate surface area is 185 Å². The molecular weight excluding hydrogens is 362 g/mol. The molecule has 1 fully saturated rings. The molecule has 0 amide bonds. The molecule has 0 aliphatic heterocycles. The van der Waals surface area contributed by atoms with Gasteiger partial charge in [0.2, 0.25) is 0 Å². The first-order chi connectivity index (χ1) is 14.2. The summed E-state index contributed by atoms with van der Waals surface area (Å²) in [5.41, 5.74) is 9.40. The lowest BCUT2D eigenvalue weighted by atomic mass is 9.47. The highest BCUT2D eigenvalue weighted by Crippen LogP contribution is 2.61. The monoisotopic (exact) mass is 405 g/mol. The SMILES string of the molecule is C=C(C)/C(C)=C(\C)C1(C(C=N)(CC)Cc2ccc(/C=C\CCC)c(C)c2C)CCC1. The van der Waals surface area contributed by atoms with Gasteiger partial charge in [0.1, 0.15) is 0 Å². The molecular formula is C29H43N. The van der Waals surface area contributed by atoms with Gasteiger partial charge in [0, 0.05) is 17.0 Å². The van der Waals surface area contributed by atoms with Gasteiger partial charge >= 0.3 is 0 Å². The van der Waals surface area contributed by atoms with Gasteiger partial charge in [-0.2, -0.15) is 0 Å². The molecule has 0 aromatic heterocycles. The van der Waals surface area contributed by atoms with Crippen molar-refractivity contribution in [3.8, 4) is 0 Å². The van der Waals surface area contributed by atoms with E-state index in [2.05, 4.69) is 79.3 Å². The second-order valence-electron chi connectivity index (χ2n) is 9.55. The van der Waals surface area contributed by atoms with Crippen LogP contribution in [0.1, 0.15) is 95.4 Å². The van der Waals surface area contributed by atoms with Crippen molar-refractivity contribution >= 4 is 12.3 Å². The summed E-state index contributed by atoms with van der Waals surface area (Å²) in [6.07, 6.45) is 14.2.